The molecule has 1 unspecified atom stereocenters. The molecule has 24 heavy (non-hydrogen) atoms. The van der Waals surface area contributed by atoms with Crippen LogP contribution in [0.3, 0.4) is 0 Å². The van der Waals surface area contributed by atoms with Gasteiger partial charge in [0.15, 0.2) is 6.10 Å². The summed E-state index contributed by atoms with van der Waals surface area (Å²) < 4.78 is 9.92. The highest BCUT2D eigenvalue weighted by molar-refractivity contribution is 5.86. The van der Waals surface area contributed by atoms with Crippen molar-refractivity contribution in [1.82, 2.24) is 0 Å². The van der Waals surface area contributed by atoms with Crippen LogP contribution in [0.15, 0.2) is 18.2 Å². The maximum absolute atomic E-state index is 12.0. The molecule has 0 spiro atoms. The van der Waals surface area contributed by atoms with Gasteiger partial charge < -0.3 is 14.6 Å². The summed E-state index contributed by atoms with van der Waals surface area (Å²) in [5, 5.41) is 13.0. The Bertz CT molecular complexity index is 643. The van der Waals surface area contributed by atoms with Crippen LogP contribution in [-0.4, -0.2) is 36.0 Å². The number of carbonyl (C=O) groups is 2. The predicted octanol–water partition coefficient (Wildman–Crippen LogP) is 2.91. The number of carbonyl (C=O) groups excluding carboxylic acids is 2. The molecule has 1 fully saturated rings. The zero-order valence-electron chi connectivity index (χ0n) is 14.8. The monoisotopic (exact) mass is 335 g/mol. The molecule has 2 rings (SSSR count). The van der Waals surface area contributed by atoms with E-state index in [2.05, 4.69) is 10.1 Å². The number of benzene rings is 1. The minimum atomic E-state index is -1.21. The molecule has 1 aromatic rings. The van der Waals surface area contributed by atoms with Crippen molar-refractivity contribution in [3.63, 3.8) is 0 Å². The standard InChI is InChI=1S/C18H25NO5/c1-11-6-7-12(18(8-9-18)14(20)15(21)23-5)10-13(11)19-16(22)24-17(2,3)4/h6-7,10,14,20H,8-9H2,1-5H3,(H,19,22). The smallest absolute Gasteiger partial charge is 0.412 e. The van der Waals surface area contributed by atoms with Crippen LogP contribution in [0, 0.1) is 6.92 Å². The minimum Gasteiger partial charge on any atom is -0.467 e. The Kier molecular flexibility index (Phi) is 4.90. The molecular formula is C18H25NO5. The first-order valence-corrected chi connectivity index (χ1v) is 7.96. The van der Waals surface area contributed by atoms with Crippen LogP contribution in [0.5, 0.6) is 0 Å². The second kappa shape index (κ2) is 6.43. The first-order chi connectivity index (χ1) is 11.1. The van der Waals surface area contributed by atoms with Gasteiger partial charge in [0.1, 0.15) is 5.60 Å². The van der Waals surface area contributed by atoms with E-state index in [1.165, 1.54) is 7.11 Å². The van der Waals surface area contributed by atoms with Crippen LogP contribution in [0.2, 0.25) is 0 Å². The molecule has 2 N–H and O–H groups in total. The summed E-state index contributed by atoms with van der Waals surface area (Å²) >= 11 is 0. The lowest BCUT2D eigenvalue weighted by atomic mass is 9.89. The van der Waals surface area contributed by atoms with Crippen molar-refractivity contribution in [1.29, 1.82) is 0 Å². The number of anilines is 1. The number of esters is 1. The Balaban J connectivity index is 2.23. The predicted molar refractivity (Wildman–Crippen MR) is 90.0 cm³/mol. The molecule has 0 saturated heterocycles. The number of methoxy groups -OCH3 is 1. The lowest BCUT2D eigenvalue weighted by molar-refractivity contribution is -0.152. The van der Waals surface area contributed by atoms with E-state index in [4.69, 9.17) is 4.74 Å². The van der Waals surface area contributed by atoms with Crippen LogP contribution in [-0.2, 0) is 19.7 Å². The van der Waals surface area contributed by atoms with E-state index in [1.54, 1.807) is 26.8 Å². The normalized spacial score (nSPS) is 16.9. The second-order valence-electron chi connectivity index (χ2n) is 7.24. The number of amides is 1. The first kappa shape index (κ1) is 18.3. The molecule has 6 nitrogen and oxygen atoms in total. The van der Waals surface area contributed by atoms with Crippen LogP contribution >= 0.6 is 0 Å². The van der Waals surface area contributed by atoms with Crippen LogP contribution in [0.1, 0.15) is 44.7 Å². The van der Waals surface area contributed by atoms with Gasteiger partial charge in [-0.3, -0.25) is 5.32 Å². The van der Waals surface area contributed by atoms with Gasteiger partial charge in [0.25, 0.3) is 0 Å². The van der Waals surface area contributed by atoms with Crippen molar-refractivity contribution >= 4 is 17.7 Å². The Morgan fingerprint density at radius 3 is 2.42 bits per heavy atom. The van der Waals surface area contributed by atoms with Crippen molar-refractivity contribution in [3.8, 4) is 0 Å². The molecule has 1 aliphatic carbocycles. The third kappa shape index (κ3) is 3.87. The fraction of sp³-hybridized carbons (Fsp3) is 0.556. The van der Waals surface area contributed by atoms with Gasteiger partial charge in [-0.15, -0.1) is 0 Å². The number of hydrogen-bond acceptors (Lipinski definition) is 5. The molecule has 1 atom stereocenters. The molecule has 0 aliphatic heterocycles. The average Bonchev–Trinajstić information content (AvgIpc) is 3.27. The van der Waals surface area contributed by atoms with E-state index in [0.717, 1.165) is 11.1 Å². The van der Waals surface area contributed by atoms with Crippen molar-refractivity contribution in [2.24, 2.45) is 0 Å². The maximum Gasteiger partial charge on any atom is 0.412 e. The van der Waals surface area contributed by atoms with E-state index in [0.29, 0.717) is 18.5 Å². The molecule has 1 saturated carbocycles. The average molecular weight is 335 g/mol. The number of aliphatic hydroxyl groups is 1. The number of aliphatic hydroxyl groups excluding tert-OH is 1. The quantitative estimate of drug-likeness (QED) is 0.827. The molecule has 1 aromatic carbocycles. The van der Waals surface area contributed by atoms with Crippen LogP contribution in [0.25, 0.3) is 0 Å². The molecule has 0 radical (unpaired) electrons. The third-order valence-corrected chi connectivity index (χ3v) is 4.18. The van der Waals surface area contributed by atoms with E-state index < -0.39 is 29.2 Å². The van der Waals surface area contributed by atoms with Crippen molar-refractivity contribution in [3.05, 3.63) is 29.3 Å². The van der Waals surface area contributed by atoms with E-state index in [1.807, 2.05) is 19.1 Å². The molecule has 132 valence electrons. The summed E-state index contributed by atoms with van der Waals surface area (Å²) in [7, 11) is 1.26. The lowest BCUT2D eigenvalue weighted by Crippen LogP contribution is -2.35. The molecular weight excluding hydrogens is 310 g/mol. The topological polar surface area (TPSA) is 84.9 Å². The van der Waals surface area contributed by atoms with Gasteiger partial charge in [0.05, 0.1) is 7.11 Å². The number of rotatable bonds is 4. The van der Waals surface area contributed by atoms with E-state index in [-0.39, 0.29) is 0 Å². The summed E-state index contributed by atoms with van der Waals surface area (Å²) in [6.07, 6.45) is -0.364. The van der Waals surface area contributed by atoms with Gasteiger partial charge in [-0.1, -0.05) is 12.1 Å². The number of hydrogen-bond donors (Lipinski definition) is 2. The first-order valence-electron chi connectivity index (χ1n) is 7.96. The summed E-state index contributed by atoms with van der Waals surface area (Å²) in [4.78, 5) is 23.7. The molecule has 0 aromatic heterocycles. The van der Waals surface area contributed by atoms with Gasteiger partial charge in [-0.05, 0) is 57.7 Å². The minimum absolute atomic E-state index is 0.541. The Morgan fingerprint density at radius 1 is 1.29 bits per heavy atom. The number of aryl methyl sites for hydroxylation is 1. The van der Waals surface area contributed by atoms with Gasteiger partial charge in [-0.25, -0.2) is 9.59 Å². The Labute approximate surface area is 142 Å². The lowest BCUT2D eigenvalue weighted by Gasteiger charge is -2.23. The zero-order valence-corrected chi connectivity index (χ0v) is 14.8. The van der Waals surface area contributed by atoms with Gasteiger partial charge in [0.2, 0.25) is 0 Å². The summed E-state index contributed by atoms with van der Waals surface area (Å²) in [6, 6.07) is 5.51. The van der Waals surface area contributed by atoms with Crippen LogP contribution in [0.4, 0.5) is 10.5 Å². The van der Waals surface area contributed by atoms with Gasteiger partial charge in [-0.2, -0.15) is 0 Å². The largest absolute Gasteiger partial charge is 0.467 e. The maximum atomic E-state index is 12.0. The molecule has 6 heteroatoms. The molecule has 1 aliphatic rings. The van der Waals surface area contributed by atoms with Crippen molar-refractivity contribution in [2.45, 2.75) is 57.7 Å². The Morgan fingerprint density at radius 2 is 1.92 bits per heavy atom. The molecule has 0 heterocycles. The van der Waals surface area contributed by atoms with Gasteiger partial charge in [0, 0.05) is 11.1 Å². The number of ether oxygens (including phenoxy) is 2. The summed E-state index contributed by atoms with van der Waals surface area (Å²) in [6.45, 7) is 7.25. The van der Waals surface area contributed by atoms with Crippen LogP contribution < -0.4 is 5.32 Å². The fourth-order valence-electron chi connectivity index (χ4n) is 2.67. The second-order valence-corrected chi connectivity index (χ2v) is 7.24. The highest BCUT2D eigenvalue weighted by Crippen LogP contribution is 2.52. The highest BCUT2D eigenvalue weighted by atomic mass is 16.6. The molecule has 0 bridgehead atoms. The third-order valence-electron chi connectivity index (χ3n) is 4.18. The van der Waals surface area contributed by atoms with Crippen molar-refractivity contribution in [2.75, 3.05) is 12.4 Å². The SMILES string of the molecule is COC(=O)C(O)C1(c2ccc(C)c(NC(=O)OC(C)(C)C)c2)CC1. The Hall–Kier alpha value is -2.08. The fourth-order valence-corrected chi connectivity index (χ4v) is 2.67. The molecule has 1 amide bonds. The van der Waals surface area contributed by atoms with E-state index >= 15 is 0 Å². The highest BCUT2D eigenvalue weighted by Gasteiger charge is 2.54. The summed E-state index contributed by atoms with van der Waals surface area (Å²) in [5.41, 5.74) is 1.05. The number of nitrogens with one attached hydrogen (secondary N) is 1. The zero-order chi connectivity index (χ0) is 18.1. The van der Waals surface area contributed by atoms with E-state index in [9.17, 15) is 14.7 Å². The van der Waals surface area contributed by atoms with Crippen molar-refractivity contribution < 1.29 is 24.2 Å². The summed E-state index contributed by atoms with van der Waals surface area (Å²) in [5.74, 6) is -0.644. The van der Waals surface area contributed by atoms with Gasteiger partial charge >= 0.3 is 12.1 Å².